The summed E-state index contributed by atoms with van der Waals surface area (Å²) in [5, 5.41) is 3.13. The van der Waals surface area contributed by atoms with Crippen molar-refractivity contribution in [2.45, 2.75) is 26.3 Å². The van der Waals surface area contributed by atoms with Gasteiger partial charge in [-0.15, -0.1) is 11.3 Å². The van der Waals surface area contributed by atoms with Gasteiger partial charge in [0.15, 0.2) is 0 Å². The Hall–Kier alpha value is -1.72. The molecular formula is C18H23N3OS. The van der Waals surface area contributed by atoms with Crippen molar-refractivity contribution < 1.29 is 4.79 Å². The van der Waals surface area contributed by atoms with Gasteiger partial charge < -0.3 is 4.90 Å². The molecule has 1 fully saturated rings. The number of hydrogen-bond donors (Lipinski definition) is 0. The third kappa shape index (κ3) is 4.62. The summed E-state index contributed by atoms with van der Waals surface area (Å²) in [6.45, 7) is 6.55. The number of amides is 1. The highest BCUT2D eigenvalue weighted by molar-refractivity contribution is 7.09. The molecule has 23 heavy (non-hydrogen) atoms. The van der Waals surface area contributed by atoms with Crippen molar-refractivity contribution in [3.8, 4) is 0 Å². The topological polar surface area (TPSA) is 36.4 Å². The number of carbonyl (C=O) groups is 1. The number of rotatable bonds is 5. The molecule has 1 aromatic carbocycles. The molecule has 3 rings (SSSR count). The van der Waals surface area contributed by atoms with E-state index in [1.54, 1.807) is 11.3 Å². The maximum absolute atomic E-state index is 12.3. The molecule has 1 amide bonds. The Kier molecular flexibility index (Phi) is 5.41. The first-order valence-electron chi connectivity index (χ1n) is 8.16. The molecule has 0 atom stereocenters. The van der Waals surface area contributed by atoms with Crippen LogP contribution in [0.1, 0.15) is 22.7 Å². The van der Waals surface area contributed by atoms with Crippen molar-refractivity contribution >= 4 is 17.2 Å². The molecule has 0 radical (unpaired) electrons. The van der Waals surface area contributed by atoms with Crippen LogP contribution in [0.2, 0.25) is 0 Å². The average molecular weight is 329 g/mol. The molecule has 0 saturated carbocycles. The molecule has 1 saturated heterocycles. The number of piperazine rings is 1. The van der Waals surface area contributed by atoms with E-state index in [-0.39, 0.29) is 5.91 Å². The maximum Gasteiger partial charge on any atom is 0.223 e. The van der Waals surface area contributed by atoms with Crippen molar-refractivity contribution in [2.24, 2.45) is 0 Å². The Morgan fingerprint density at radius 1 is 1.17 bits per heavy atom. The van der Waals surface area contributed by atoms with Crippen LogP contribution in [-0.2, 0) is 17.8 Å². The second-order valence-electron chi connectivity index (χ2n) is 6.00. The first-order chi connectivity index (χ1) is 11.2. The molecule has 0 N–H and O–H groups in total. The molecule has 1 aromatic heterocycles. The lowest BCUT2D eigenvalue weighted by Crippen LogP contribution is -2.48. The van der Waals surface area contributed by atoms with E-state index in [9.17, 15) is 4.79 Å². The molecule has 5 heteroatoms. The van der Waals surface area contributed by atoms with Crippen molar-refractivity contribution in [1.82, 2.24) is 14.8 Å². The quantitative estimate of drug-likeness (QED) is 0.846. The van der Waals surface area contributed by atoms with Crippen LogP contribution >= 0.6 is 11.3 Å². The lowest BCUT2D eigenvalue weighted by atomic mass is 10.2. The minimum Gasteiger partial charge on any atom is -0.340 e. The number of aromatic nitrogens is 1. The number of nitrogens with zero attached hydrogens (tertiary/aromatic N) is 3. The van der Waals surface area contributed by atoms with Crippen molar-refractivity contribution in [2.75, 3.05) is 26.2 Å². The van der Waals surface area contributed by atoms with E-state index in [2.05, 4.69) is 39.5 Å². The zero-order valence-electron chi connectivity index (χ0n) is 13.6. The number of carbonyl (C=O) groups excluding carboxylic acids is 1. The van der Waals surface area contributed by atoms with Crippen molar-refractivity contribution in [3.63, 3.8) is 0 Å². The van der Waals surface area contributed by atoms with Crippen LogP contribution in [0.3, 0.4) is 0 Å². The van der Waals surface area contributed by atoms with E-state index in [0.29, 0.717) is 6.42 Å². The molecule has 2 heterocycles. The summed E-state index contributed by atoms with van der Waals surface area (Å²) < 4.78 is 0. The van der Waals surface area contributed by atoms with E-state index in [1.807, 2.05) is 17.9 Å². The number of aryl methyl sites for hydroxylation is 2. The van der Waals surface area contributed by atoms with Crippen LogP contribution in [0.15, 0.2) is 35.7 Å². The fourth-order valence-corrected chi connectivity index (χ4v) is 3.56. The summed E-state index contributed by atoms with van der Waals surface area (Å²) in [7, 11) is 0. The second kappa shape index (κ2) is 7.70. The van der Waals surface area contributed by atoms with Gasteiger partial charge in [-0.2, -0.15) is 0 Å². The van der Waals surface area contributed by atoms with Gasteiger partial charge in [-0.1, -0.05) is 30.3 Å². The normalized spacial score (nSPS) is 15.8. The van der Waals surface area contributed by atoms with Crippen LogP contribution in [0.25, 0.3) is 0 Å². The van der Waals surface area contributed by atoms with Gasteiger partial charge in [0.1, 0.15) is 0 Å². The van der Waals surface area contributed by atoms with Gasteiger partial charge in [-0.25, -0.2) is 4.98 Å². The first kappa shape index (κ1) is 16.1. The molecule has 0 bridgehead atoms. The minimum absolute atomic E-state index is 0.259. The van der Waals surface area contributed by atoms with E-state index < -0.39 is 0 Å². The fraction of sp³-hybridized carbons (Fsp3) is 0.444. The van der Waals surface area contributed by atoms with Gasteiger partial charge in [0.05, 0.1) is 10.7 Å². The highest BCUT2D eigenvalue weighted by atomic mass is 32.1. The summed E-state index contributed by atoms with van der Waals surface area (Å²) in [5.41, 5.74) is 2.38. The Balaban J connectivity index is 1.42. The molecule has 0 spiro atoms. The van der Waals surface area contributed by atoms with Gasteiger partial charge >= 0.3 is 0 Å². The average Bonchev–Trinajstić information content (AvgIpc) is 3.00. The fourth-order valence-electron chi connectivity index (χ4n) is 2.91. The second-order valence-corrected chi connectivity index (χ2v) is 7.06. The highest BCUT2D eigenvalue weighted by Gasteiger charge is 2.21. The lowest BCUT2D eigenvalue weighted by molar-refractivity contribution is -0.133. The predicted octanol–water partition coefficient (Wildman–Crippen LogP) is 2.73. The predicted molar refractivity (Wildman–Crippen MR) is 93.5 cm³/mol. The van der Waals surface area contributed by atoms with Crippen LogP contribution < -0.4 is 0 Å². The minimum atomic E-state index is 0.259. The Morgan fingerprint density at radius 3 is 2.57 bits per heavy atom. The molecule has 0 unspecified atom stereocenters. The van der Waals surface area contributed by atoms with Gasteiger partial charge in [-0.05, 0) is 18.9 Å². The van der Waals surface area contributed by atoms with Crippen LogP contribution in [0, 0.1) is 6.92 Å². The monoisotopic (exact) mass is 329 g/mol. The van der Waals surface area contributed by atoms with Crippen LogP contribution in [0.5, 0.6) is 0 Å². The third-order valence-corrected chi connectivity index (χ3v) is 5.06. The Morgan fingerprint density at radius 2 is 1.91 bits per heavy atom. The molecule has 4 nitrogen and oxygen atoms in total. The summed E-state index contributed by atoms with van der Waals surface area (Å²) in [4.78, 5) is 21.2. The SMILES string of the molecule is Cc1nc(CCC(=O)N2CCN(Cc3ccccc3)CC2)cs1. The van der Waals surface area contributed by atoms with Crippen LogP contribution in [-0.4, -0.2) is 46.9 Å². The van der Waals surface area contributed by atoms with E-state index in [0.717, 1.165) is 49.8 Å². The summed E-state index contributed by atoms with van der Waals surface area (Å²) in [5.74, 6) is 0.259. The third-order valence-electron chi connectivity index (χ3n) is 4.24. The van der Waals surface area contributed by atoms with E-state index in [4.69, 9.17) is 0 Å². The Labute approximate surface area is 141 Å². The van der Waals surface area contributed by atoms with Crippen molar-refractivity contribution in [3.05, 3.63) is 52.0 Å². The lowest BCUT2D eigenvalue weighted by Gasteiger charge is -2.34. The van der Waals surface area contributed by atoms with Gasteiger partial charge in [0.25, 0.3) is 0 Å². The zero-order chi connectivity index (χ0) is 16.1. The van der Waals surface area contributed by atoms with E-state index >= 15 is 0 Å². The van der Waals surface area contributed by atoms with E-state index in [1.165, 1.54) is 5.56 Å². The number of hydrogen-bond acceptors (Lipinski definition) is 4. The largest absolute Gasteiger partial charge is 0.340 e. The van der Waals surface area contributed by atoms with Crippen molar-refractivity contribution in [1.29, 1.82) is 0 Å². The molecule has 0 aliphatic carbocycles. The molecule has 1 aliphatic heterocycles. The zero-order valence-corrected chi connectivity index (χ0v) is 14.4. The molecule has 122 valence electrons. The summed E-state index contributed by atoms with van der Waals surface area (Å²) >= 11 is 1.65. The molecule has 1 aliphatic rings. The maximum atomic E-state index is 12.3. The summed E-state index contributed by atoms with van der Waals surface area (Å²) in [6, 6.07) is 10.5. The smallest absolute Gasteiger partial charge is 0.223 e. The molecular weight excluding hydrogens is 306 g/mol. The van der Waals surface area contributed by atoms with Gasteiger partial charge in [-0.3, -0.25) is 9.69 Å². The Bertz CT molecular complexity index is 633. The van der Waals surface area contributed by atoms with Gasteiger partial charge in [0, 0.05) is 44.5 Å². The molecule has 2 aromatic rings. The first-order valence-corrected chi connectivity index (χ1v) is 9.04. The standard InChI is InChI=1S/C18H23N3OS/c1-15-19-17(14-23-15)7-8-18(22)21-11-9-20(10-12-21)13-16-5-3-2-4-6-16/h2-6,14H,7-13H2,1H3. The number of benzene rings is 1. The van der Waals surface area contributed by atoms with Gasteiger partial charge in [0.2, 0.25) is 5.91 Å². The highest BCUT2D eigenvalue weighted by Crippen LogP contribution is 2.12. The summed E-state index contributed by atoms with van der Waals surface area (Å²) in [6.07, 6.45) is 1.33. The van der Waals surface area contributed by atoms with Crippen LogP contribution in [0.4, 0.5) is 0 Å². The number of thiazole rings is 1.